The van der Waals surface area contributed by atoms with Gasteiger partial charge in [-0.15, -0.1) is 11.3 Å². The number of carbonyl (C=O) groups is 1. The molecule has 1 aliphatic heterocycles. The molecule has 0 amide bonds. The highest BCUT2D eigenvalue weighted by Crippen LogP contribution is 2.35. The third-order valence-corrected chi connectivity index (χ3v) is 6.36. The number of halogens is 1. The van der Waals surface area contributed by atoms with Crippen LogP contribution in [0, 0.1) is 0 Å². The first-order valence-corrected chi connectivity index (χ1v) is 8.84. The van der Waals surface area contributed by atoms with E-state index >= 15 is 0 Å². The largest absolute Gasteiger partial charge is 0.481 e. The van der Waals surface area contributed by atoms with Gasteiger partial charge in [0.25, 0.3) is 10.0 Å². The first-order chi connectivity index (χ1) is 10.8. The van der Waals surface area contributed by atoms with Crippen molar-refractivity contribution in [1.29, 1.82) is 0 Å². The lowest BCUT2D eigenvalue weighted by Crippen LogP contribution is -2.45. The second kappa shape index (κ2) is 5.51. The summed E-state index contributed by atoms with van der Waals surface area (Å²) >= 11 is 7.22. The van der Waals surface area contributed by atoms with Crippen LogP contribution in [0.5, 0.6) is 0 Å². The van der Waals surface area contributed by atoms with E-state index in [4.69, 9.17) is 16.7 Å². The number of fused-ring (bicyclic) bond motifs is 1. The molecule has 0 saturated carbocycles. The lowest BCUT2D eigenvalue weighted by molar-refractivity contribution is -0.136. The van der Waals surface area contributed by atoms with Gasteiger partial charge >= 0.3 is 5.97 Å². The number of nitrogens with one attached hydrogen (secondary N) is 2. The Hall–Kier alpha value is -2.11. The predicted octanol–water partition coefficient (Wildman–Crippen LogP) is 0.791. The molecule has 1 unspecified atom stereocenters. The molecule has 0 radical (unpaired) electrons. The zero-order valence-corrected chi connectivity index (χ0v) is 13.6. The molecule has 1 aromatic heterocycles. The van der Waals surface area contributed by atoms with Crippen LogP contribution in [0.2, 0.25) is 0 Å². The van der Waals surface area contributed by atoms with Crippen molar-refractivity contribution in [2.24, 2.45) is 5.16 Å². The zero-order chi connectivity index (χ0) is 16.7. The van der Waals surface area contributed by atoms with E-state index in [9.17, 15) is 13.2 Å². The van der Waals surface area contributed by atoms with Gasteiger partial charge in [0.15, 0.2) is 10.8 Å². The summed E-state index contributed by atoms with van der Waals surface area (Å²) in [6.45, 7) is 0. The highest BCUT2D eigenvalue weighted by molar-refractivity contribution is 7.96. The molecule has 0 fully saturated rings. The third kappa shape index (κ3) is 2.78. The van der Waals surface area contributed by atoms with Crippen LogP contribution in [0.15, 0.2) is 34.5 Å². The molecule has 0 spiro atoms. The lowest BCUT2D eigenvalue weighted by Gasteiger charge is -2.24. The monoisotopic (exact) mass is 376 g/mol. The molecular formula is C11H9ClN4O5S2. The number of sulfonamides is 1. The van der Waals surface area contributed by atoms with E-state index in [1.165, 1.54) is 17.5 Å². The number of aliphatic carboxylic acids is 1. The van der Waals surface area contributed by atoms with E-state index < -0.39 is 20.2 Å². The van der Waals surface area contributed by atoms with Gasteiger partial charge in [0.05, 0.1) is 12.1 Å². The summed E-state index contributed by atoms with van der Waals surface area (Å²) < 4.78 is 25.5. The maximum Gasteiger partial charge on any atom is 0.309 e. The van der Waals surface area contributed by atoms with Crippen LogP contribution in [0.3, 0.4) is 0 Å². The van der Waals surface area contributed by atoms with Gasteiger partial charge in [0.2, 0.25) is 4.21 Å². The van der Waals surface area contributed by atoms with Gasteiger partial charge in [0, 0.05) is 5.38 Å². The molecule has 0 saturated heterocycles. The Bertz CT molecular complexity index is 860. The molecule has 0 bridgehead atoms. The first-order valence-electron chi connectivity index (χ1n) is 6.10. The van der Waals surface area contributed by atoms with Gasteiger partial charge in [-0.3, -0.25) is 14.5 Å². The number of hydroxylamine groups is 1. The minimum Gasteiger partial charge on any atom is -0.481 e. The van der Waals surface area contributed by atoms with Crippen LogP contribution in [0.1, 0.15) is 5.69 Å². The van der Waals surface area contributed by atoms with Gasteiger partial charge in [-0.05, 0) is 12.2 Å². The fraction of sp³-hybridized carbons (Fsp3) is 0.182. The molecule has 0 aromatic carbocycles. The summed E-state index contributed by atoms with van der Waals surface area (Å²) in [6.07, 6.45) is 3.97. The number of anilines is 1. The number of aromatic nitrogens is 1. The van der Waals surface area contributed by atoms with Gasteiger partial charge < -0.3 is 5.11 Å². The van der Waals surface area contributed by atoms with Crippen LogP contribution in [0.25, 0.3) is 0 Å². The fourth-order valence-corrected chi connectivity index (χ4v) is 4.40. The Kier molecular flexibility index (Phi) is 3.78. The molecule has 23 heavy (non-hydrogen) atoms. The molecule has 3 N–H and O–H groups in total. The summed E-state index contributed by atoms with van der Waals surface area (Å²) in [5.41, 5.74) is 3.00. The Labute approximate surface area is 139 Å². The number of hydrogen-bond acceptors (Lipinski definition) is 8. The summed E-state index contributed by atoms with van der Waals surface area (Å²) in [6, 6.07) is 0. The van der Waals surface area contributed by atoms with Crippen molar-refractivity contribution in [3.63, 3.8) is 0 Å². The van der Waals surface area contributed by atoms with Crippen LogP contribution >= 0.6 is 22.9 Å². The minimum absolute atomic E-state index is 0.00326. The smallest absolute Gasteiger partial charge is 0.309 e. The van der Waals surface area contributed by atoms with Gasteiger partial charge in [-0.25, -0.2) is 13.4 Å². The van der Waals surface area contributed by atoms with Crippen molar-refractivity contribution in [3.8, 4) is 0 Å². The molecule has 2 heterocycles. The van der Waals surface area contributed by atoms with Crippen molar-refractivity contribution in [1.82, 2.24) is 10.5 Å². The standard InChI is InChI=1S/C11H9ClN4O5S2/c12-11(3-1-2-7-9(11)15-21-14-7)23(19,20)16-10-13-6(5-22-10)4-8(17)18/h1-3,5,14H,4H2,(H,13,16)(H,17,18). The first kappa shape index (κ1) is 15.8. The lowest BCUT2D eigenvalue weighted by atomic mass is 10.1. The quantitative estimate of drug-likeness (QED) is 0.647. The molecule has 1 aliphatic carbocycles. The van der Waals surface area contributed by atoms with E-state index in [0.29, 0.717) is 5.70 Å². The highest BCUT2D eigenvalue weighted by atomic mass is 35.5. The number of oxime groups is 1. The SMILES string of the molecule is O=C(O)Cc1csc(NS(=O)(=O)C2(Cl)C=CC=C3NON=C32)n1. The molecule has 12 heteroatoms. The molecule has 9 nitrogen and oxygen atoms in total. The van der Waals surface area contributed by atoms with Crippen LogP contribution < -0.4 is 10.2 Å². The van der Waals surface area contributed by atoms with E-state index in [2.05, 4.69) is 25.3 Å². The Morgan fingerprint density at radius 3 is 3.09 bits per heavy atom. The third-order valence-electron chi connectivity index (χ3n) is 2.94. The summed E-state index contributed by atoms with van der Waals surface area (Å²) in [5.74, 6) is -1.06. The van der Waals surface area contributed by atoms with Crippen molar-refractivity contribution >= 4 is 49.8 Å². The average Bonchev–Trinajstić information content (AvgIpc) is 3.07. The van der Waals surface area contributed by atoms with Crippen LogP contribution in [-0.2, 0) is 26.2 Å². The normalized spacial score (nSPS) is 22.5. The van der Waals surface area contributed by atoms with Crippen molar-refractivity contribution in [2.75, 3.05) is 4.72 Å². The van der Waals surface area contributed by atoms with E-state index in [1.807, 2.05) is 0 Å². The predicted molar refractivity (Wildman–Crippen MR) is 83.5 cm³/mol. The van der Waals surface area contributed by atoms with E-state index in [-0.39, 0.29) is 23.0 Å². The Balaban J connectivity index is 1.87. The zero-order valence-electron chi connectivity index (χ0n) is 11.2. The van der Waals surface area contributed by atoms with E-state index in [0.717, 1.165) is 11.3 Å². The average molecular weight is 377 g/mol. The highest BCUT2D eigenvalue weighted by Gasteiger charge is 2.50. The number of allylic oxidation sites excluding steroid dienone is 3. The van der Waals surface area contributed by atoms with Gasteiger partial charge in [-0.2, -0.15) is 5.48 Å². The van der Waals surface area contributed by atoms with Crippen molar-refractivity contribution in [2.45, 2.75) is 10.6 Å². The Morgan fingerprint density at radius 1 is 1.57 bits per heavy atom. The number of nitrogens with zero attached hydrogens (tertiary/aromatic N) is 2. The van der Waals surface area contributed by atoms with Crippen molar-refractivity contribution in [3.05, 3.63) is 35.0 Å². The number of rotatable bonds is 5. The maximum absolute atomic E-state index is 12.6. The maximum atomic E-state index is 12.6. The fourth-order valence-electron chi connectivity index (χ4n) is 1.92. The second-order valence-electron chi connectivity index (χ2n) is 4.54. The summed E-state index contributed by atoms with van der Waals surface area (Å²) in [5, 5.41) is 13.8. The van der Waals surface area contributed by atoms with Crippen LogP contribution in [-0.4, -0.2) is 34.4 Å². The van der Waals surface area contributed by atoms with Crippen molar-refractivity contribution < 1.29 is 23.3 Å². The molecule has 1 atom stereocenters. The number of carboxylic acids is 1. The molecule has 1 aromatic rings. The molecule has 2 aliphatic rings. The Morgan fingerprint density at radius 2 is 2.35 bits per heavy atom. The van der Waals surface area contributed by atoms with E-state index in [1.54, 1.807) is 6.08 Å². The molecule has 122 valence electrons. The number of alkyl halides is 1. The molecule has 3 rings (SSSR count). The summed E-state index contributed by atoms with van der Waals surface area (Å²) in [4.78, 5) is 19.2. The van der Waals surface area contributed by atoms with Gasteiger partial charge in [0.1, 0.15) is 5.70 Å². The van der Waals surface area contributed by atoms with Gasteiger partial charge in [-0.1, -0.05) is 22.8 Å². The number of carboxylic acid groups (broad SMARTS) is 1. The molecular weight excluding hydrogens is 368 g/mol. The number of thiazole rings is 1. The second-order valence-corrected chi connectivity index (χ2v) is 8.07. The topological polar surface area (TPSA) is 130 Å². The summed E-state index contributed by atoms with van der Waals surface area (Å²) in [7, 11) is -4.17. The van der Waals surface area contributed by atoms with Crippen LogP contribution in [0.4, 0.5) is 5.13 Å². The minimum atomic E-state index is -4.17. The number of hydrogen-bond donors (Lipinski definition) is 3.